The Morgan fingerprint density at radius 2 is 2.31 bits per heavy atom. The van der Waals surface area contributed by atoms with Crippen LogP contribution in [0.3, 0.4) is 0 Å². The monoisotopic (exact) mass is 239 g/mol. The van der Waals surface area contributed by atoms with Crippen LogP contribution in [0.1, 0.15) is 12.5 Å². The second kappa shape index (κ2) is 4.20. The highest BCUT2D eigenvalue weighted by Crippen LogP contribution is 2.21. The van der Waals surface area contributed by atoms with Gasteiger partial charge in [0.25, 0.3) is 0 Å². The van der Waals surface area contributed by atoms with Gasteiger partial charge in [-0.1, -0.05) is 6.07 Å². The number of nitrogens with zero attached hydrogens (tertiary/aromatic N) is 1. The Morgan fingerprint density at radius 1 is 1.62 bits per heavy atom. The number of nitriles is 1. The molecule has 1 rings (SSSR count). The Hall–Kier alpha value is -1.14. The minimum absolute atomic E-state index is 0.298. The lowest BCUT2D eigenvalue weighted by molar-refractivity contribution is 0.621. The Balaban J connectivity index is 3.13. The van der Waals surface area contributed by atoms with Crippen molar-refractivity contribution in [1.29, 1.82) is 5.26 Å². The van der Waals surface area contributed by atoms with Crippen LogP contribution in [0.5, 0.6) is 0 Å². The molecule has 0 atom stereocenters. The molecule has 0 amide bonds. The smallest absolute Gasteiger partial charge is 0.137 e. The Morgan fingerprint density at radius 3 is 2.85 bits per heavy atom. The van der Waals surface area contributed by atoms with Gasteiger partial charge in [0.1, 0.15) is 5.82 Å². The molecule has 0 fully saturated rings. The molecule has 1 nitrogen and oxygen atoms in total. The maximum atomic E-state index is 12.8. The van der Waals surface area contributed by atoms with Gasteiger partial charge in [-0.15, -0.1) is 0 Å². The number of hydrogen-bond donors (Lipinski definition) is 0. The maximum Gasteiger partial charge on any atom is 0.137 e. The number of benzene rings is 1. The fraction of sp³-hybridized carbons (Fsp3) is 0.100. The summed E-state index contributed by atoms with van der Waals surface area (Å²) in [4.78, 5) is 0. The predicted molar refractivity (Wildman–Crippen MR) is 53.4 cm³/mol. The average Bonchev–Trinajstić information content (AvgIpc) is 2.10. The molecule has 1 aromatic rings. The van der Waals surface area contributed by atoms with E-state index in [2.05, 4.69) is 15.9 Å². The first-order valence-corrected chi connectivity index (χ1v) is 4.46. The van der Waals surface area contributed by atoms with E-state index in [0.29, 0.717) is 4.47 Å². The van der Waals surface area contributed by atoms with Crippen LogP contribution in [0.25, 0.3) is 5.57 Å². The molecule has 0 unspecified atom stereocenters. The third-order valence-electron chi connectivity index (χ3n) is 1.66. The molecule has 13 heavy (non-hydrogen) atoms. The molecule has 0 aromatic heterocycles. The molecule has 0 spiro atoms. The first-order chi connectivity index (χ1) is 6.15. The molecule has 0 heterocycles. The zero-order chi connectivity index (χ0) is 9.84. The highest BCUT2D eigenvalue weighted by Gasteiger charge is 2.01. The van der Waals surface area contributed by atoms with E-state index in [1.807, 2.05) is 13.0 Å². The van der Waals surface area contributed by atoms with Gasteiger partial charge in [-0.2, -0.15) is 5.26 Å². The van der Waals surface area contributed by atoms with Crippen molar-refractivity contribution in [3.05, 3.63) is 40.1 Å². The van der Waals surface area contributed by atoms with Gasteiger partial charge in [0.15, 0.2) is 0 Å². The summed E-state index contributed by atoms with van der Waals surface area (Å²) < 4.78 is 13.2. The quantitative estimate of drug-likeness (QED) is 0.689. The molecule has 3 heteroatoms. The largest absolute Gasteiger partial charge is 0.206 e. The highest BCUT2D eigenvalue weighted by atomic mass is 79.9. The van der Waals surface area contributed by atoms with E-state index in [1.165, 1.54) is 12.1 Å². The van der Waals surface area contributed by atoms with E-state index < -0.39 is 0 Å². The molecular weight excluding hydrogens is 233 g/mol. The fourth-order valence-corrected chi connectivity index (χ4v) is 1.30. The molecule has 0 N–H and O–H groups in total. The van der Waals surface area contributed by atoms with Gasteiger partial charge >= 0.3 is 0 Å². The van der Waals surface area contributed by atoms with Crippen molar-refractivity contribution in [3.8, 4) is 6.07 Å². The number of rotatable bonds is 1. The van der Waals surface area contributed by atoms with Crippen LogP contribution in [0.15, 0.2) is 28.7 Å². The molecule has 0 aliphatic rings. The Bertz CT molecular complexity index is 390. The summed E-state index contributed by atoms with van der Waals surface area (Å²) in [6, 6.07) is 6.59. The van der Waals surface area contributed by atoms with Crippen LogP contribution in [0, 0.1) is 17.1 Å². The molecule has 0 aliphatic carbocycles. The Kier molecular flexibility index (Phi) is 3.21. The van der Waals surface area contributed by atoms with E-state index in [-0.39, 0.29) is 5.82 Å². The van der Waals surface area contributed by atoms with Gasteiger partial charge in [0, 0.05) is 6.08 Å². The van der Waals surface area contributed by atoms with E-state index in [0.717, 1.165) is 11.1 Å². The van der Waals surface area contributed by atoms with Crippen molar-refractivity contribution in [2.75, 3.05) is 0 Å². The lowest BCUT2D eigenvalue weighted by Gasteiger charge is -2.00. The summed E-state index contributed by atoms with van der Waals surface area (Å²) >= 11 is 3.08. The van der Waals surface area contributed by atoms with Crippen LogP contribution in [0.2, 0.25) is 0 Å². The van der Waals surface area contributed by atoms with Gasteiger partial charge in [0.05, 0.1) is 10.5 Å². The summed E-state index contributed by atoms with van der Waals surface area (Å²) in [6.07, 6.45) is 1.43. The van der Waals surface area contributed by atoms with E-state index in [1.54, 1.807) is 12.1 Å². The van der Waals surface area contributed by atoms with Crippen LogP contribution in [-0.4, -0.2) is 0 Å². The molecule has 66 valence electrons. The van der Waals surface area contributed by atoms with Crippen molar-refractivity contribution >= 4 is 21.5 Å². The Labute approximate surface area is 84.6 Å². The molecule has 0 saturated heterocycles. The van der Waals surface area contributed by atoms with Gasteiger partial charge in [-0.25, -0.2) is 4.39 Å². The van der Waals surface area contributed by atoms with Crippen LogP contribution in [0.4, 0.5) is 4.39 Å². The summed E-state index contributed by atoms with van der Waals surface area (Å²) in [6.45, 7) is 1.81. The van der Waals surface area contributed by atoms with Crippen molar-refractivity contribution < 1.29 is 4.39 Å². The topological polar surface area (TPSA) is 23.8 Å². The lowest BCUT2D eigenvalue weighted by atomic mass is 10.1. The van der Waals surface area contributed by atoms with E-state index in [4.69, 9.17) is 5.26 Å². The average molecular weight is 240 g/mol. The van der Waals surface area contributed by atoms with E-state index in [9.17, 15) is 4.39 Å². The van der Waals surface area contributed by atoms with E-state index >= 15 is 0 Å². The third-order valence-corrected chi connectivity index (χ3v) is 2.26. The predicted octanol–water partition coefficient (Wildman–Crippen LogP) is 3.52. The molecule has 0 aliphatic heterocycles. The number of allylic oxidation sites excluding steroid dienone is 2. The molecule has 0 radical (unpaired) electrons. The van der Waals surface area contributed by atoms with Crippen LogP contribution in [-0.2, 0) is 0 Å². The first kappa shape index (κ1) is 9.94. The zero-order valence-electron chi connectivity index (χ0n) is 7.01. The van der Waals surface area contributed by atoms with Crippen molar-refractivity contribution in [2.45, 2.75) is 6.92 Å². The van der Waals surface area contributed by atoms with Crippen molar-refractivity contribution in [1.82, 2.24) is 0 Å². The molecule has 0 saturated carbocycles. The first-order valence-electron chi connectivity index (χ1n) is 3.67. The van der Waals surface area contributed by atoms with Gasteiger partial charge in [0.2, 0.25) is 0 Å². The van der Waals surface area contributed by atoms with Crippen molar-refractivity contribution in [2.24, 2.45) is 0 Å². The van der Waals surface area contributed by atoms with Crippen molar-refractivity contribution in [3.63, 3.8) is 0 Å². The fourth-order valence-electron chi connectivity index (χ4n) is 0.922. The summed E-state index contributed by atoms with van der Waals surface area (Å²) in [5.74, 6) is -0.298. The summed E-state index contributed by atoms with van der Waals surface area (Å²) in [5.41, 5.74) is 1.66. The van der Waals surface area contributed by atoms with Crippen LogP contribution < -0.4 is 0 Å². The standard InChI is InChI=1S/C10H7BrFN/c1-7(4-5-13)8-2-3-10(12)9(11)6-8/h2-4,6H,1H3. The summed E-state index contributed by atoms with van der Waals surface area (Å²) in [5, 5.41) is 8.41. The summed E-state index contributed by atoms with van der Waals surface area (Å²) in [7, 11) is 0. The SMILES string of the molecule is CC(=CC#N)c1ccc(F)c(Br)c1. The molecule has 0 bridgehead atoms. The number of halogens is 2. The molecular formula is C10H7BrFN. The number of hydrogen-bond acceptors (Lipinski definition) is 1. The third kappa shape index (κ3) is 2.40. The maximum absolute atomic E-state index is 12.8. The zero-order valence-corrected chi connectivity index (χ0v) is 8.60. The highest BCUT2D eigenvalue weighted by molar-refractivity contribution is 9.10. The van der Waals surface area contributed by atoms with Gasteiger partial charge in [-0.05, 0) is 46.1 Å². The van der Waals surface area contributed by atoms with Crippen LogP contribution >= 0.6 is 15.9 Å². The minimum Gasteiger partial charge on any atom is -0.206 e. The minimum atomic E-state index is -0.298. The lowest BCUT2D eigenvalue weighted by Crippen LogP contribution is -1.82. The second-order valence-electron chi connectivity index (χ2n) is 2.59. The normalized spacial score (nSPS) is 11.1. The second-order valence-corrected chi connectivity index (χ2v) is 3.44. The van der Waals surface area contributed by atoms with Gasteiger partial charge in [-0.3, -0.25) is 0 Å². The molecule has 1 aromatic carbocycles. The van der Waals surface area contributed by atoms with Gasteiger partial charge < -0.3 is 0 Å².